The highest BCUT2D eigenvalue weighted by Gasteiger charge is 2.23. The number of urea groups is 1. The average molecular weight is 274 g/mol. The highest BCUT2D eigenvalue weighted by atomic mass is 16.2. The van der Waals surface area contributed by atoms with E-state index in [0.717, 1.165) is 11.3 Å². The summed E-state index contributed by atoms with van der Waals surface area (Å²) in [6.07, 6.45) is 0.273. The SMILES string of the molecule is [CH2]CC(=O)N1CCN(C(=O)Nc2ccc(C)cc2)CC1. The molecule has 20 heavy (non-hydrogen) atoms. The van der Waals surface area contributed by atoms with Gasteiger partial charge >= 0.3 is 6.03 Å². The molecule has 0 spiro atoms. The van der Waals surface area contributed by atoms with Crippen LogP contribution in [0.4, 0.5) is 10.5 Å². The van der Waals surface area contributed by atoms with E-state index in [-0.39, 0.29) is 18.4 Å². The van der Waals surface area contributed by atoms with Gasteiger partial charge in [-0.15, -0.1) is 0 Å². The molecule has 1 N–H and O–H groups in total. The number of piperazine rings is 1. The van der Waals surface area contributed by atoms with Gasteiger partial charge < -0.3 is 15.1 Å². The van der Waals surface area contributed by atoms with Gasteiger partial charge in [-0.25, -0.2) is 4.79 Å². The molecule has 0 saturated carbocycles. The highest BCUT2D eigenvalue weighted by molar-refractivity contribution is 5.89. The summed E-state index contributed by atoms with van der Waals surface area (Å²) in [5.41, 5.74) is 1.94. The standard InChI is InChI=1S/C15H20N3O2/c1-3-14(19)17-8-10-18(11-9-17)15(20)16-13-6-4-12(2)5-7-13/h4-7H,1,3,8-11H2,2H3,(H,16,20). The Hall–Kier alpha value is -2.04. The lowest BCUT2D eigenvalue weighted by Gasteiger charge is -2.34. The molecule has 1 aromatic rings. The van der Waals surface area contributed by atoms with E-state index in [1.807, 2.05) is 31.2 Å². The predicted molar refractivity (Wildman–Crippen MR) is 78.3 cm³/mol. The number of nitrogens with one attached hydrogen (secondary N) is 1. The average Bonchev–Trinajstić information content (AvgIpc) is 2.49. The minimum atomic E-state index is -0.115. The molecule has 0 atom stereocenters. The van der Waals surface area contributed by atoms with E-state index >= 15 is 0 Å². The molecule has 107 valence electrons. The molecule has 1 heterocycles. The van der Waals surface area contributed by atoms with Crippen molar-refractivity contribution in [2.24, 2.45) is 0 Å². The molecule has 1 aromatic carbocycles. The van der Waals surface area contributed by atoms with E-state index in [9.17, 15) is 9.59 Å². The van der Waals surface area contributed by atoms with Gasteiger partial charge in [0, 0.05) is 38.3 Å². The van der Waals surface area contributed by atoms with Crippen molar-refractivity contribution in [3.8, 4) is 0 Å². The molecule has 5 nitrogen and oxygen atoms in total. The van der Waals surface area contributed by atoms with Gasteiger partial charge in [-0.3, -0.25) is 4.79 Å². The summed E-state index contributed by atoms with van der Waals surface area (Å²) in [7, 11) is 0. The molecule has 3 amide bonds. The normalized spacial score (nSPS) is 15.1. The smallest absolute Gasteiger partial charge is 0.321 e. The van der Waals surface area contributed by atoms with Crippen LogP contribution in [0.3, 0.4) is 0 Å². The van der Waals surface area contributed by atoms with Gasteiger partial charge in [-0.2, -0.15) is 0 Å². The van der Waals surface area contributed by atoms with Gasteiger partial charge in [0.15, 0.2) is 0 Å². The number of benzene rings is 1. The lowest BCUT2D eigenvalue weighted by molar-refractivity contribution is -0.131. The van der Waals surface area contributed by atoms with Crippen molar-refractivity contribution in [2.45, 2.75) is 13.3 Å². The Bertz CT molecular complexity index is 476. The summed E-state index contributed by atoms with van der Waals surface area (Å²) in [6, 6.07) is 7.57. The number of rotatable bonds is 2. The van der Waals surface area contributed by atoms with E-state index in [2.05, 4.69) is 12.2 Å². The van der Waals surface area contributed by atoms with E-state index in [0.29, 0.717) is 26.2 Å². The van der Waals surface area contributed by atoms with E-state index in [4.69, 9.17) is 0 Å². The van der Waals surface area contributed by atoms with Crippen LogP contribution in [0.1, 0.15) is 12.0 Å². The summed E-state index contributed by atoms with van der Waals surface area (Å²) < 4.78 is 0. The van der Waals surface area contributed by atoms with E-state index in [1.54, 1.807) is 9.80 Å². The Kier molecular flexibility index (Phi) is 4.61. The predicted octanol–water partition coefficient (Wildman–Crippen LogP) is 1.90. The summed E-state index contributed by atoms with van der Waals surface area (Å²) in [6.45, 7) is 7.87. The van der Waals surface area contributed by atoms with E-state index in [1.165, 1.54) is 0 Å². The molecular weight excluding hydrogens is 254 g/mol. The van der Waals surface area contributed by atoms with Crippen LogP contribution < -0.4 is 5.32 Å². The van der Waals surface area contributed by atoms with Crippen LogP contribution in [0.2, 0.25) is 0 Å². The van der Waals surface area contributed by atoms with E-state index < -0.39 is 0 Å². The Morgan fingerprint density at radius 2 is 1.65 bits per heavy atom. The molecule has 0 bridgehead atoms. The number of carbonyl (C=O) groups excluding carboxylic acids is 2. The van der Waals surface area contributed by atoms with Crippen molar-refractivity contribution < 1.29 is 9.59 Å². The molecule has 1 aliphatic rings. The van der Waals surface area contributed by atoms with Crippen LogP contribution in [-0.4, -0.2) is 47.9 Å². The van der Waals surface area contributed by atoms with Crippen molar-refractivity contribution in [1.82, 2.24) is 9.80 Å². The van der Waals surface area contributed by atoms with Gasteiger partial charge in [0.05, 0.1) is 0 Å². The van der Waals surface area contributed by atoms with Crippen LogP contribution in [0.25, 0.3) is 0 Å². The Balaban J connectivity index is 1.85. The fourth-order valence-corrected chi connectivity index (χ4v) is 2.16. The molecule has 1 radical (unpaired) electrons. The third-order valence-corrected chi connectivity index (χ3v) is 3.44. The first kappa shape index (κ1) is 14.4. The highest BCUT2D eigenvalue weighted by Crippen LogP contribution is 2.11. The molecule has 0 unspecified atom stereocenters. The fraction of sp³-hybridized carbons (Fsp3) is 0.400. The zero-order chi connectivity index (χ0) is 14.5. The van der Waals surface area contributed by atoms with Crippen LogP contribution in [-0.2, 0) is 4.79 Å². The topological polar surface area (TPSA) is 52.7 Å². The van der Waals surface area contributed by atoms with Gasteiger partial charge in [-0.05, 0) is 26.0 Å². The first-order chi connectivity index (χ1) is 9.60. The van der Waals surface area contributed by atoms with Crippen LogP contribution in [0, 0.1) is 13.8 Å². The maximum absolute atomic E-state index is 12.1. The number of hydrogen-bond donors (Lipinski definition) is 1. The van der Waals surface area contributed by atoms with Crippen LogP contribution in [0.5, 0.6) is 0 Å². The minimum absolute atomic E-state index is 0.0450. The first-order valence-electron chi connectivity index (χ1n) is 6.80. The van der Waals surface area contributed by atoms with Crippen molar-refractivity contribution in [3.05, 3.63) is 36.8 Å². The summed E-state index contributed by atoms with van der Waals surface area (Å²) in [5, 5.41) is 2.87. The summed E-state index contributed by atoms with van der Waals surface area (Å²) in [4.78, 5) is 27.1. The van der Waals surface area contributed by atoms with Crippen molar-refractivity contribution in [3.63, 3.8) is 0 Å². The molecule has 1 saturated heterocycles. The molecular formula is C15H20N3O2. The zero-order valence-corrected chi connectivity index (χ0v) is 11.8. The van der Waals surface area contributed by atoms with Gasteiger partial charge in [0.1, 0.15) is 0 Å². The Morgan fingerprint density at radius 3 is 2.20 bits per heavy atom. The maximum atomic E-state index is 12.1. The zero-order valence-electron chi connectivity index (χ0n) is 11.8. The second-order valence-electron chi connectivity index (χ2n) is 4.91. The van der Waals surface area contributed by atoms with Crippen LogP contribution in [0.15, 0.2) is 24.3 Å². The Morgan fingerprint density at radius 1 is 1.10 bits per heavy atom. The van der Waals surface area contributed by atoms with Gasteiger partial charge in [0.2, 0.25) is 5.91 Å². The van der Waals surface area contributed by atoms with Gasteiger partial charge in [0.25, 0.3) is 0 Å². The largest absolute Gasteiger partial charge is 0.339 e. The third-order valence-electron chi connectivity index (χ3n) is 3.44. The van der Waals surface area contributed by atoms with Crippen molar-refractivity contribution in [2.75, 3.05) is 31.5 Å². The lowest BCUT2D eigenvalue weighted by atomic mass is 10.2. The number of anilines is 1. The van der Waals surface area contributed by atoms with Gasteiger partial charge in [-0.1, -0.05) is 17.7 Å². The lowest BCUT2D eigenvalue weighted by Crippen LogP contribution is -2.51. The number of aryl methyl sites for hydroxylation is 1. The maximum Gasteiger partial charge on any atom is 0.321 e. The number of nitrogens with zero attached hydrogens (tertiary/aromatic N) is 2. The molecule has 2 rings (SSSR count). The van der Waals surface area contributed by atoms with Crippen molar-refractivity contribution >= 4 is 17.6 Å². The first-order valence-corrected chi connectivity index (χ1v) is 6.80. The summed E-state index contributed by atoms with van der Waals surface area (Å²) >= 11 is 0. The monoisotopic (exact) mass is 274 g/mol. The quantitative estimate of drug-likeness (QED) is 0.895. The Labute approximate surface area is 119 Å². The number of hydrogen-bond acceptors (Lipinski definition) is 2. The molecule has 0 aromatic heterocycles. The third kappa shape index (κ3) is 3.50. The molecule has 1 aliphatic heterocycles. The second-order valence-corrected chi connectivity index (χ2v) is 4.91. The molecule has 5 heteroatoms. The molecule has 1 fully saturated rings. The minimum Gasteiger partial charge on any atom is -0.339 e. The number of amides is 3. The number of carbonyl (C=O) groups is 2. The fourth-order valence-electron chi connectivity index (χ4n) is 2.16. The summed E-state index contributed by atoms with van der Waals surface area (Å²) in [5.74, 6) is 0.0450. The van der Waals surface area contributed by atoms with Crippen LogP contribution >= 0.6 is 0 Å². The van der Waals surface area contributed by atoms with Crippen molar-refractivity contribution in [1.29, 1.82) is 0 Å². The second kappa shape index (κ2) is 6.41. The molecule has 0 aliphatic carbocycles.